The van der Waals surface area contributed by atoms with Gasteiger partial charge in [0.25, 0.3) is 0 Å². The minimum Gasteiger partial charge on any atom is -0.495 e. The molecule has 0 aliphatic carbocycles. The van der Waals surface area contributed by atoms with Gasteiger partial charge in [-0.05, 0) is 59.7 Å². The van der Waals surface area contributed by atoms with Crippen LogP contribution in [-0.4, -0.2) is 25.2 Å². The summed E-state index contributed by atoms with van der Waals surface area (Å²) < 4.78 is 5.92. The summed E-state index contributed by atoms with van der Waals surface area (Å²) in [6, 6.07) is 24.7. The third-order valence-corrected chi connectivity index (χ3v) is 6.79. The standard InChI is InChI=1S/C30H29N3O/c1-20-15-21(2)19-33(18-20)25-13-11-24(12-14-25)28-17-32-29-26(5-4-6-27(29)30(28)34-3)23-9-7-22(16-31)8-10-23/h4-14,17,20-21H,15,18-19H2,1-3H3. The van der Waals surface area contributed by atoms with Crippen LogP contribution in [-0.2, 0) is 0 Å². The Hall–Kier alpha value is -3.84. The van der Waals surface area contributed by atoms with E-state index in [1.165, 1.54) is 12.1 Å². The minimum atomic E-state index is 0.647. The number of anilines is 1. The Balaban J connectivity index is 1.52. The fraction of sp³-hybridized carbons (Fsp3) is 0.267. The molecule has 2 heterocycles. The van der Waals surface area contributed by atoms with Crippen molar-refractivity contribution in [3.63, 3.8) is 0 Å². The average Bonchev–Trinajstić information content (AvgIpc) is 2.87. The highest BCUT2D eigenvalue weighted by Gasteiger charge is 2.22. The number of benzene rings is 3. The molecule has 5 rings (SSSR count). The predicted octanol–water partition coefficient (Wildman–Crippen LogP) is 6.93. The molecule has 1 aliphatic rings. The summed E-state index contributed by atoms with van der Waals surface area (Å²) in [7, 11) is 1.72. The van der Waals surface area contributed by atoms with Gasteiger partial charge in [-0.2, -0.15) is 5.26 Å². The second-order valence-corrected chi connectivity index (χ2v) is 9.49. The van der Waals surface area contributed by atoms with Crippen molar-refractivity contribution in [1.29, 1.82) is 5.26 Å². The molecule has 0 N–H and O–H groups in total. The molecule has 4 nitrogen and oxygen atoms in total. The lowest BCUT2D eigenvalue weighted by Gasteiger charge is -2.36. The van der Waals surface area contributed by atoms with Crippen molar-refractivity contribution < 1.29 is 4.74 Å². The van der Waals surface area contributed by atoms with E-state index >= 15 is 0 Å². The zero-order valence-corrected chi connectivity index (χ0v) is 20.0. The van der Waals surface area contributed by atoms with Gasteiger partial charge >= 0.3 is 0 Å². The molecule has 1 aliphatic heterocycles. The van der Waals surface area contributed by atoms with Gasteiger partial charge in [0.2, 0.25) is 0 Å². The number of pyridine rings is 1. The van der Waals surface area contributed by atoms with E-state index in [1.54, 1.807) is 7.11 Å². The van der Waals surface area contributed by atoms with Crippen LogP contribution >= 0.6 is 0 Å². The normalized spacial score (nSPS) is 18.0. The minimum absolute atomic E-state index is 0.647. The van der Waals surface area contributed by atoms with Crippen LogP contribution in [0.1, 0.15) is 25.8 Å². The summed E-state index contributed by atoms with van der Waals surface area (Å²) in [6.07, 6.45) is 3.22. The van der Waals surface area contributed by atoms with Crippen molar-refractivity contribution in [2.24, 2.45) is 11.8 Å². The van der Waals surface area contributed by atoms with E-state index in [0.717, 1.165) is 63.8 Å². The van der Waals surface area contributed by atoms with Crippen molar-refractivity contribution >= 4 is 16.6 Å². The van der Waals surface area contributed by atoms with E-state index in [-0.39, 0.29) is 0 Å². The third-order valence-electron chi connectivity index (χ3n) is 6.79. The van der Waals surface area contributed by atoms with E-state index in [9.17, 15) is 0 Å². The molecule has 3 aromatic carbocycles. The predicted molar refractivity (Wildman–Crippen MR) is 139 cm³/mol. The van der Waals surface area contributed by atoms with Crippen LogP contribution in [0.15, 0.2) is 72.9 Å². The Morgan fingerprint density at radius 2 is 1.53 bits per heavy atom. The zero-order valence-electron chi connectivity index (χ0n) is 20.0. The van der Waals surface area contributed by atoms with E-state index in [1.807, 2.05) is 36.5 Å². The van der Waals surface area contributed by atoms with Gasteiger partial charge in [0.05, 0.1) is 24.3 Å². The van der Waals surface area contributed by atoms with Crippen LogP contribution < -0.4 is 9.64 Å². The van der Waals surface area contributed by atoms with E-state index in [0.29, 0.717) is 5.56 Å². The molecule has 0 saturated carbocycles. The third kappa shape index (κ3) is 4.10. The molecule has 2 atom stereocenters. The van der Waals surface area contributed by atoms with Crippen LogP contribution in [0.25, 0.3) is 33.2 Å². The van der Waals surface area contributed by atoms with Gasteiger partial charge in [-0.3, -0.25) is 4.98 Å². The number of hydrogen-bond acceptors (Lipinski definition) is 4. The number of nitrogens with zero attached hydrogens (tertiary/aromatic N) is 3. The van der Waals surface area contributed by atoms with Crippen molar-refractivity contribution in [1.82, 2.24) is 4.98 Å². The van der Waals surface area contributed by atoms with Crippen LogP contribution in [0.4, 0.5) is 5.69 Å². The SMILES string of the molecule is COc1c(-c2ccc(N3CC(C)CC(C)C3)cc2)cnc2c(-c3ccc(C#N)cc3)cccc12. The molecular weight excluding hydrogens is 418 g/mol. The number of hydrogen-bond donors (Lipinski definition) is 0. The molecule has 1 aromatic heterocycles. The fourth-order valence-corrected chi connectivity index (χ4v) is 5.31. The molecule has 0 amide bonds. The first-order valence-corrected chi connectivity index (χ1v) is 11.9. The first kappa shape index (κ1) is 22.0. The van der Waals surface area contributed by atoms with Crippen LogP contribution in [0.2, 0.25) is 0 Å². The molecular formula is C30H29N3O. The lowest BCUT2D eigenvalue weighted by Crippen LogP contribution is -2.38. The van der Waals surface area contributed by atoms with Gasteiger partial charge in [-0.15, -0.1) is 0 Å². The Bertz CT molecular complexity index is 1340. The maximum atomic E-state index is 9.11. The number of fused-ring (bicyclic) bond motifs is 1. The summed E-state index contributed by atoms with van der Waals surface area (Å²) in [6.45, 7) is 6.91. The number of nitriles is 1. The molecule has 0 spiro atoms. The topological polar surface area (TPSA) is 49.1 Å². The van der Waals surface area contributed by atoms with Crippen LogP contribution in [0.3, 0.4) is 0 Å². The van der Waals surface area contributed by atoms with E-state index in [2.05, 4.69) is 61.2 Å². The molecule has 0 bridgehead atoms. The second kappa shape index (κ2) is 9.19. The highest BCUT2D eigenvalue weighted by atomic mass is 16.5. The van der Waals surface area contributed by atoms with Gasteiger partial charge in [0, 0.05) is 41.5 Å². The molecule has 4 heteroatoms. The van der Waals surface area contributed by atoms with Crippen molar-refractivity contribution in [2.75, 3.05) is 25.1 Å². The quantitative estimate of drug-likeness (QED) is 0.340. The Labute approximate surface area is 201 Å². The first-order chi connectivity index (χ1) is 16.6. The number of methoxy groups -OCH3 is 1. The van der Waals surface area contributed by atoms with Crippen molar-refractivity contribution in [3.05, 3.63) is 78.5 Å². The summed E-state index contributed by atoms with van der Waals surface area (Å²) in [5.41, 5.74) is 6.94. The number of para-hydroxylation sites is 1. The first-order valence-electron chi connectivity index (χ1n) is 11.9. The van der Waals surface area contributed by atoms with E-state index < -0.39 is 0 Å². The van der Waals surface area contributed by atoms with Crippen molar-refractivity contribution in [2.45, 2.75) is 20.3 Å². The Kier molecular flexibility index (Phi) is 5.94. The monoisotopic (exact) mass is 447 g/mol. The highest BCUT2D eigenvalue weighted by Crippen LogP contribution is 2.39. The zero-order chi connectivity index (χ0) is 23.7. The molecule has 1 fully saturated rings. The lowest BCUT2D eigenvalue weighted by atomic mass is 9.91. The van der Waals surface area contributed by atoms with Crippen molar-refractivity contribution in [3.8, 4) is 34.1 Å². The van der Waals surface area contributed by atoms with Gasteiger partial charge in [0.1, 0.15) is 5.75 Å². The number of piperidine rings is 1. The molecule has 170 valence electrons. The maximum Gasteiger partial charge on any atom is 0.137 e. The number of aromatic nitrogens is 1. The number of rotatable bonds is 4. The van der Waals surface area contributed by atoms with Crippen LogP contribution in [0, 0.1) is 23.2 Å². The second-order valence-electron chi connectivity index (χ2n) is 9.49. The summed E-state index contributed by atoms with van der Waals surface area (Å²) >= 11 is 0. The van der Waals surface area contributed by atoms with Crippen LogP contribution in [0.5, 0.6) is 5.75 Å². The molecule has 2 unspecified atom stereocenters. The highest BCUT2D eigenvalue weighted by molar-refractivity contribution is 6.00. The van der Waals surface area contributed by atoms with Gasteiger partial charge in [0.15, 0.2) is 0 Å². The van der Waals surface area contributed by atoms with Gasteiger partial charge in [-0.1, -0.05) is 50.2 Å². The largest absolute Gasteiger partial charge is 0.495 e. The Morgan fingerprint density at radius 3 is 2.18 bits per heavy atom. The summed E-state index contributed by atoms with van der Waals surface area (Å²) in [5, 5.41) is 10.1. The molecule has 1 saturated heterocycles. The van der Waals surface area contributed by atoms with E-state index in [4.69, 9.17) is 15.0 Å². The smallest absolute Gasteiger partial charge is 0.137 e. The van der Waals surface area contributed by atoms with Gasteiger partial charge < -0.3 is 9.64 Å². The maximum absolute atomic E-state index is 9.11. The van der Waals surface area contributed by atoms with Gasteiger partial charge in [-0.25, -0.2) is 0 Å². The molecule has 4 aromatic rings. The average molecular weight is 448 g/mol. The Morgan fingerprint density at radius 1 is 0.882 bits per heavy atom. The fourth-order valence-electron chi connectivity index (χ4n) is 5.31. The molecule has 34 heavy (non-hydrogen) atoms. The lowest BCUT2D eigenvalue weighted by molar-refractivity contribution is 0.357. The summed E-state index contributed by atoms with van der Waals surface area (Å²) in [5.74, 6) is 2.27. The summed E-state index contributed by atoms with van der Waals surface area (Å²) in [4.78, 5) is 7.36. The number of ether oxygens (including phenoxy) is 1. The molecule has 0 radical (unpaired) electrons.